The summed E-state index contributed by atoms with van der Waals surface area (Å²) in [7, 11) is 0. The lowest BCUT2D eigenvalue weighted by Crippen LogP contribution is -2.39. The molecule has 0 unspecified atom stereocenters. The average molecular weight is 552 g/mol. The van der Waals surface area contributed by atoms with Gasteiger partial charge in [0.2, 0.25) is 0 Å². The molecular weight excluding hydrogens is 530 g/mol. The zero-order valence-corrected chi connectivity index (χ0v) is 21.6. The lowest BCUT2D eigenvalue weighted by molar-refractivity contribution is -0.121. The van der Waals surface area contributed by atoms with Crippen molar-refractivity contribution in [3.63, 3.8) is 0 Å². The molecule has 0 N–H and O–H groups in total. The van der Waals surface area contributed by atoms with Crippen LogP contribution in [0.2, 0.25) is 0 Å². The Kier molecular flexibility index (Phi) is 6.29. The van der Waals surface area contributed by atoms with Crippen LogP contribution in [0.3, 0.4) is 0 Å². The predicted octanol–water partition coefficient (Wildman–Crippen LogP) is 5.21. The molecule has 35 heavy (non-hydrogen) atoms. The summed E-state index contributed by atoms with van der Waals surface area (Å²) in [5, 5.41) is 0.517. The SMILES string of the molecule is CCCN1C(=O)COc2ccc(C(=O)Cn3cnc4sc(C)c(-c5ccc(Br)cc5)c4c3=O)cc21. The predicted molar refractivity (Wildman–Crippen MR) is 141 cm³/mol. The van der Waals surface area contributed by atoms with Gasteiger partial charge in [-0.1, -0.05) is 35.0 Å². The van der Waals surface area contributed by atoms with Crippen LogP contribution < -0.4 is 15.2 Å². The van der Waals surface area contributed by atoms with Gasteiger partial charge in [-0.05, 0) is 49.2 Å². The summed E-state index contributed by atoms with van der Waals surface area (Å²) in [5.74, 6) is 0.188. The number of Topliss-reactive ketones (excluding diaryl/α,β-unsaturated/α-hetero) is 1. The molecule has 0 fully saturated rings. The van der Waals surface area contributed by atoms with Gasteiger partial charge < -0.3 is 9.64 Å². The number of nitrogens with zero attached hydrogens (tertiary/aromatic N) is 3. The highest BCUT2D eigenvalue weighted by Gasteiger charge is 2.26. The number of fused-ring (bicyclic) bond motifs is 2. The fourth-order valence-corrected chi connectivity index (χ4v) is 5.57. The van der Waals surface area contributed by atoms with Crippen LogP contribution in [-0.2, 0) is 11.3 Å². The highest BCUT2D eigenvalue weighted by Crippen LogP contribution is 2.36. The van der Waals surface area contributed by atoms with Gasteiger partial charge in [0, 0.05) is 27.0 Å². The first kappa shape index (κ1) is 23.4. The number of carbonyl (C=O) groups excluding carboxylic acids is 2. The summed E-state index contributed by atoms with van der Waals surface area (Å²) in [6, 6.07) is 12.8. The van der Waals surface area contributed by atoms with Gasteiger partial charge in [-0.25, -0.2) is 4.98 Å². The van der Waals surface area contributed by atoms with Crippen LogP contribution in [0.25, 0.3) is 21.3 Å². The van der Waals surface area contributed by atoms with E-state index in [-0.39, 0.29) is 30.4 Å². The van der Waals surface area contributed by atoms with Crippen LogP contribution in [-0.4, -0.2) is 34.4 Å². The average Bonchev–Trinajstić information content (AvgIpc) is 3.19. The molecule has 0 saturated heterocycles. The number of rotatable bonds is 6. The third kappa shape index (κ3) is 4.30. The smallest absolute Gasteiger partial charge is 0.265 e. The first-order valence-corrected chi connectivity index (χ1v) is 12.8. The second-order valence-corrected chi connectivity index (χ2v) is 10.5. The Balaban J connectivity index is 1.51. The molecule has 0 bridgehead atoms. The monoisotopic (exact) mass is 551 g/mol. The second kappa shape index (κ2) is 9.39. The van der Waals surface area contributed by atoms with Gasteiger partial charge in [0.1, 0.15) is 10.6 Å². The fourth-order valence-electron chi connectivity index (χ4n) is 4.30. The standard InChI is InChI=1S/C26H22BrN3O4S/c1-3-10-30-19-11-17(6-9-21(19)34-13-22(30)32)20(31)12-29-14-28-25-24(26(29)33)23(15(2)35-25)16-4-7-18(27)8-5-16/h4-9,11,14H,3,10,12-13H2,1-2H3. The van der Waals surface area contributed by atoms with Crippen LogP contribution in [0.4, 0.5) is 5.69 Å². The van der Waals surface area contributed by atoms with E-state index in [2.05, 4.69) is 20.9 Å². The van der Waals surface area contributed by atoms with Crippen molar-refractivity contribution in [2.75, 3.05) is 18.1 Å². The number of carbonyl (C=O) groups is 2. The minimum Gasteiger partial charge on any atom is -0.482 e. The summed E-state index contributed by atoms with van der Waals surface area (Å²) < 4.78 is 7.83. The maximum atomic E-state index is 13.5. The quantitative estimate of drug-likeness (QED) is 0.307. The van der Waals surface area contributed by atoms with E-state index in [4.69, 9.17) is 4.74 Å². The largest absolute Gasteiger partial charge is 0.482 e. The number of aryl methyl sites for hydroxylation is 1. The molecule has 5 rings (SSSR count). The highest BCUT2D eigenvalue weighted by atomic mass is 79.9. The zero-order chi connectivity index (χ0) is 24.7. The molecule has 9 heteroatoms. The number of ketones is 1. The molecule has 0 saturated carbocycles. The van der Waals surface area contributed by atoms with Crippen molar-refractivity contribution in [1.29, 1.82) is 0 Å². The molecule has 0 aliphatic carbocycles. The highest BCUT2D eigenvalue weighted by molar-refractivity contribution is 9.10. The normalized spacial score (nSPS) is 13.1. The van der Waals surface area contributed by atoms with Crippen LogP contribution in [0.1, 0.15) is 28.6 Å². The van der Waals surface area contributed by atoms with Crippen molar-refractivity contribution in [3.8, 4) is 16.9 Å². The Bertz CT molecular complexity index is 1520. The molecule has 0 spiro atoms. The third-order valence-electron chi connectivity index (χ3n) is 5.97. The minimum atomic E-state index is -0.255. The zero-order valence-electron chi connectivity index (χ0n) is 19.2. The van der Waals surface area contributed by atoms with Gasteiger partial charge in [0.15, 0.2) is 12.4 Å². The van der Waals surface area contributed by atoms with E-state index in [1.54, 1.807) is 23.1 Å². The van der Waals surface area contributed by atoms with Gasteiger partial charge >= 0.3 is 0 Å². The van der Waals surface area contributed by atoms with E-state index in [9.17, 15) is 14.4 Å². The number of thiophene rings is 1. The Labute approximate surface area is 214 Å². The number of hydrogen-bond acceptors (Lipinski definition) is 6. The van der Waals surface area contributed by atoms with Crippen molar-refractivity contribution in [2.24, 2.45) is 0 Å². The molecule has 1 aliphatic heterocycles. The topological polar surface area (TPSA) is 81.5 Å². The van der Waals surface area contributed by atoms with Gasteiger partial charge in [-0.2, -0.15) is 0 Å². The van der Waals surface area contributed by atoms with Gasteiger partial charge in [0.05, 0.1) is 23.9 Å². The summed E-state index contributed by atoms with van der Waals surface area (Å²) in [6.07, 6.45) is 2.21. The van der Waals surface area contributed by atoms with Crippen molar-refractivity contribution in [2.45, 2.75) is 26.8 Å². The Morgan fingerprint density at radius 1 is 1.17 bits per heavy atom. The second-order valence-electron chi connectivity index (χ2n) is 8.34. The summed E-state index contributed by atoms with van der Waals surface area (Å²) in [4.78, 5) is 46.8. The molecule has 4 aromatic rings. The summed E-state index contributed by atoms with van der Waals surface area (Å²) in [6.45, 7) is 4.34. The van der Waals surface area contributed by atoms with E-state index < -0.39 is 0 Å². The number of benzene rings is 2. The third-order valence-corrected chi connectivity index (χ3v) is 7.51. The van der Waals surface area contributed by atoms with E-state index in [0.717, 1.165) is 26.9 Å². The Hall–Kier alpha value is -3.30. The molecule has 7 nitrogen and oxygen atoms in total. The first-order valence-electron chi connectivity index (χ1n) is 11.2. The molecule has 178 valence electrons. The number of aromatic nitrogens is 2. The minimum absolute atomic E-state index is 0.0118. The number of halogens is 1. The van der Waals surface area contributed by atoms with Crippen LogP contribution >= 0.6 is 27.3 Å². The molecule has 0 radical (unpaired) electrons. The lowest BCUT2D eigenvalue weighted by atomic mass is 10.0. The van der Waals surface area contributed by atoms with Crippen molar-refractivity contribution >= 4 is 54.9 Å². The number of amides is 1. The van der Waals surface area contributed by atoms with E-state index in [0.29, 0.717) is 33.8 Å². The molecule has 2 aromatic heterocycles. The summed E-state index contributed by atoms with van der Waals surface area (Å²) >= 11 is 4.91. The lowest BCUT2D eigenvalue weighted by Gasteiger charge is -2.29. The Morgan fingerprint density at radius 3 is 2.69 bits per heavy atom. The van der Waals surface area contributed by atoms with Gasteiger partial charge in [0.25, 0.3) is 11.5 Å². The Morgan fingerprint density at radius 2 is 1.94 bits per heavy atom. The number of anilines is 1. The van der Waals surface area contributed by atoms with Crippen LogP contribution in [0.15, 0.2) is 58.1 Å². The number of ether oxygens (including phenoxy) is 1. The van der Waals surface area contributed by atoms with Crippen LogP contribution in [0, 0.1) is 6.92 Å². The summed E-state index contributed by atoms with van der Waals surface area (Å²) in [5.41, 5.74) is 2.51. The molecule has 0 atom stereocenters. The number of hydrogen-bond donors (Lipinski definition) is 0. The van der Waals surface area contributed by atoms with Crippen molar-refractivity contribution < 1.29 is 14.3 Å². The van der Waals surface area contributed by atoms with Crippen molar-refractivity contribution in [3.05, 3.63) is 74.1 Å². The molecule has 3 heterocycles. The molecule has 2 aromatic carbocycles. The van der Waals surface area contributed by atoms with E-state index in [1.807, 2.05) is 38.1 Å². The van der Waals surface area contributed by atoms with Gasteiger partial charge in [-0.3, -0.25) is 19.0 Å². The maximum absolute atomic E-state index is 13.5. The first-order chi connectivity index (χ1) is 16.9. The van der Waals surface area contributed by atoms with Gasteiger partial charge in [-0.15, -0.1) is 11.3 Å². The maximum Gasteiger partial charge on any atom is 0.265 e. The molecular formula is C26H22BrN3O4S. The molecule has 1 amide bonds. The molecule has 1 aliphatic rings. The van der Waals surface area contributed by atoms with E-state index in [1.165, 1.54) is 22.2 Å². The van der Waals surface area contributed by atoms with E-state index >= 15 is 0 Å². The van der Waals surface area contributed by atoms with Crippen molar-refractivity contribution in [1.82, 2.24) is 9.55 Å². The van der Waals surface area contributed by atoms with Crippen LogP contribution in [0.5, 0.6) is 5.75 Å². The fraction of sp³-hybridized carbons (Fsp3) is 0.231.